The number of aromatic nitrogens is 3. The fraction of sp³-hybridized carbons (Fsp3) is 0.484. The third-order valence-electron chi connectivity index (χ3n) is 6.92. The molecule has 6 N–H and O–H groups in total. The molecular formula is C31H44N8O3. The first-order valence-corrected chi connectivity index (χ1v) is 14.9. The maximum absolute atomic E-state index is 12.3. The third kappa shape index (κ3) is 11.2. The van der Waals surface area contributed by atoms with Gasteiger partial charge < -0.3 is 36.5 Å². The molecule has 42 heavy (non-hydrogen) atoms. The van der Waals surface area contributed by atoms with E-state index in [2.05, 4.69) is 67.4 Å². The number of aryl methyl sites for hydroxylation is 1. The number of ether oxygens (including phenoxy) is 2. The van der Waals surface area contributed by atoms with E-state index in [1.165, 1.54) is 24.8 Å². The van der Waals surface area contributed by atoms with Crippen LogP contribution >= 0.6 is 0 Å². The number of anilines is 4. The van der Waals surface area contributed by atoms with Gasteiger partial charge in [-0.15, -0.1) is 0 Å². The summed E-state index contributed by atoms with van der Waals surface area (Å²) < 4.78 is 10.7. The van der Waals surface area contributed by atoms with Crippen molar-refractivity contribution in [2.75, 3.05) is 55.5 Å². The Labute approximate surface area is 248 Å². The van der Waals surface area contributed by atoms with Gasteiger partial charge in [0.2, 0.25) is 23.8 Å². The van der Waals surface area contributed by atoms with E-state index >= 15 is 0 Å². The lowest BCUT2D eigenvalue weighted by Crippen LogP contribution is -2.29. The molecule has 1 fully saturated rings. The molecule has 2 aromatic carbocycles. The molecule has 4 rings (SSSR count). The molecule has 0 radical (unpaired) electrons. The molecule has 0 unspecified atom stereocenters. The molecule has 0 atom stereocenters. The highest BCUT2D eigenvalue weighted by Crippen LogP contribution is 2.22. The van der Waals surface area contributed by atoms with Crippen LogP contribution in [0.25, 0.3) is 0 Å². The molecule has 11 nitrogen and oxygen atoms in total. The largest absolute Gasteiger partial charge is 0.378 e. The van der Waals surface area contributed by atoms with Gasteiger partial charge in [0.1, 0.15) is 0 Å². The summed E-state index contributed by atoms with van der Waals surface area (Å²) in [6.07, 6.45) is 6.24. The maximum atomic E-state index is 12.3. The summed E-state index contributed by atoms with van der Waals surface area (Å²) in [6.45, 7) is 5.57. The number of amides is 1. The molecule has 0 spiro atoms. The minimum Gasteiger partial charge on any atom is -0.378 e. The second-order valence-corrected chi connectivity index (χ2v) is 10.5. The molecule has 0 saturated heterocycles. The predicted octanol–water partition coefficient (Wildman–Crippen LogP) is 3.93. The fourth-order valence-electron chi connectivity index (χ4n) is 4.64. The molecule has 0 aliphatic heterocycles. The van der Waals surface area contributed by atoms with Crippen LogP contribution in [-0.4, -0.2) is 66.4 Å². The molecule has 1 aliphatic carbocycles. The number of hydrogen-bond acceptors (Lipinski definition) is 10. The number of benzene rings is 2. The SMILES string of the molecule is Cc1ccc(CNc2nc(Nc3ccc(CC(=O)NCCOCCOCCN)cc3)nc(NC3CCCCC3)n2)cc1. The van der Waals surface area contributed by atoms with E-state index in [4.69, 9.17) is 15.2 Å². The van der Waals surface area contributed by atoms with E-state index in [0.29, 0.717) is 69.9 Å². The van der Waals surface area contributed by atoms with Crippen molar-refractivity contribution in [1.29, 1.82) is 0 Å². The van der Waals surface area contributed by atoms with Crippen molar-refractivity contribution in [2.45, 2.75) is 58.0 Å². The van der Waals surface area contributed by atoms with Crippen molar-refractivity contribution in [3.8, 4) is 0 Å². The Kier molecular flexibility index (Phi) is 12.8. The van der Waals surface area contributed by atoms with Crippen molar-refractivity contribution < 1.29 is 14.3 Å². The van der Waals surface area contributed by atoms with Gasteiger partial charge in [-0.3, -0.25) is 4.79 Å². The van der Waals surface area contributed by atoms with Gasteiger partial charge in [0.25, 0.3) is 0 Å². The number of carbonyl (C=O) groups excluding carboxylic acids is 1. The molecule has 0 bridgehead atoms. The Morgan fingerprint density at radius 3 is 2.24 bits per heavy atom. The summed E-state index contributed by atoms with van der Waals surface area (Å²) in [5, 5.41) is 13.0. The lowest BCUT2D eigenvalue weighted by atomic mass is 9.96. The van der Waals surface area contributed by atoms with Crippen molar-refractivity contribution >= 4 is 29.4 Å². The van der Waals surface area contributed by atoms with Gasteiger partial charge in [-0.2, -0.15) is 15.0 Å². The summed E-state index contributed by atoms with van der Waals surface area (Å²) in [5.41, 5.74) is 9.48. The smallest absolute Gasteiger partial charge is 0.233 e. The standard InChI is InChI=1S/C31H44N8O3/c1-23-7-9-25(10-8-23)22-34-29-37-30(35-26-5-3-2-4-6-26)39-31(38-29)36-27-13-11-24(12-14-27)21-28(40)33-16-18-42-20-19-41-17-15-32/h7-14,26H,2-6,15-22,32H2,1H3,(H,33,40)(H3,34,35,36,37,38,39). The number of rotatable bonds is 17. The van der Waals surface area contributed by atoms with Crippen LogP contribution < -0.4 is 27.0 Å². The number of hydrogen-bond donors (Lipinski definition) is 5. The van der Waals surface area contributed by atoms with Crippen LogP contribution in [0.1, 0.15) is 48.8 Å². The summed E-state index contributed by atoms with van der Waals surface area (Å²) in [5.74, 6) is 1.46. The maximum Gasteiger partial charge on any atom is 0.233 e. The van der Waals surface area contributed by atoms with Crippen molar-refractivity contribution in [3.05, 3.63) is 65.2 Å². The summed E-state index contributed by atoms with van der Waals surface area (Å²) in [7, 11) is 0. The molecule has 226 valence electrons. The van der Waals surface area contributed by atoms with Crippen molar-refractivity contribution in [3.63, 3.8) is 0 Å². The van der Waals surface area contributed by atoms with E-state index in [1.54, 1.807) is 0 Å². The molecule has 1 aromatic heterocycles. The lowest BCUT2D eigenvalue weighted by molar-refractivity contribution is -0.120. The van der Waals surface area contributed by atoms with E-state index in [0.717, 1.165) is 29.7 Å². The first-order chi connectivity index (χ1) is 20.6. The highest BCUT2D eigenvalue weighted by molar-refractivity contribution is 5.78. The second-order valence-electron chi connectivity index (χ2n) is 10.5. The third-order valence-corrected chi connectivity index (χ3v) is 6.92. The van der Waals surface area contributed by atoms with E-state index < -0.39 is 0 Å². The van der Waals surface area contributed by atoms with Crippen LogP contribution in [0.4, 0.5) is 23.5 Å². The molecule has 1 amide bonds. The number of nitrogens with two attached hydrogens (primary N) is 1. The Morgan fingerprint density at radius 2 is 1.50 bits per heavy atom. The minimum atomic E-state index is -0.0566. The van der Waals surface area contributed by atoms with E-state index in [1.807, 2.05) is 24.3 Å². The zero-order valence-electron chi connectivity index (χ0n) is 24.5. The average Bonchev–Trinajstić information content (AvgIpc) is 3.00. The Bertz CT molecular complexity index is 1220. The average molecular weight is 577 g/mol. The highest BCUT2D eigenvalue weighted by Gasteiger charge is 2.16. The lowest BCUT2D eigenvalue weighted by Gasteiger charge is -2.23. The van der Waals surface area contributed by atoms with Gasteiger partial charge in [0, 0.05) is 31.4 Å². The molecule has 3 aromatic rings. The number of carbonyl (C=O) groups is 1. The zero-order chi connectivity index (χ0) is 29.4. The van der Waals surface area contributed by atoms with Gasteiger partial charge in [-0.25, -0.2) is 0 Å². The molecule has 11 heteroatoms. The van der Waals surface area contributed by atoms with Gasteiger partial charge in [-0.1, -0.05) is 61.2 Å². The number of nitrogens with zero attached hydrogens (tertiary/aromatic N) is 3. The summed E-state index contributed by atoms with van der Waals surface area (Å²) >= 11 is 0. The minimum absolute atomic E-state index is 0.0566. The van der Waals surface area contributed by atoms with Crippen molar-refractivity contribution in [2.24, 2.45) is 5.73 Å². The zero-order valence-corrected chi connectivity index (χ0v) is 24.5. The van der Waals surface area contributed by atoms with Gasteiger partial charge in [0.05, 0.1) is 32.8 Å². The predicted molar refractivity (Wildman–Crippen MR) is 166 cm³/mol. The van der Waals surface area contributed by atoms with Gasteiger partial charge >= 0.3 is 0 Å². The quantitative estimate of drug-likeness (QED) is 0.150. The first kappa shape index (κ1) is 31.1. The number of nitrogens with one attached hydrogen (secondary N) is 4. The Hall–Kier alpha value is -3.80. The second kappa shape index (κ2) is 17.2. The van der Waals surface area contributed by atoms with Crippen molar-refractivity contribution in [1.82, 2.24) is 20.3 Å². The van der Waals surface area contributed by atoms with Crippen LogP contribution in [-0.2, 0) is 27.2 Å². The van der Waals surface area contributed by atoms with Gasteiger partial charge in [0.15, 0.2) is 0 Å². The van der Waals surface area contributed by atoms with Crippen LogP contribution in [0.15, 0.2) is 48.5 Å². The molecule has 1 heterocycles. The van der Waals surface area contributed by atoms with Crippen LogP contribution in [0.5, 0.6) is 0 Å². The van der Waals surface area contributed by atoms with Crippen LogP contribution in [0, 0.1) is 6.92 Å². The molecule has 1 aliphatic rings. The first-order valence-electron chi connectivity index (χ1n) is 14.9. The van der Waals surface area contributed by atoms with E-state index in [9.17, 15) is 4.79 Å². The summed E-state index contributed by atoms with van der Waals surface area (Å²) in [6, 6.07) is 16.4. The normalized spacial score (nSPS) is 13.5. The fourth-order valence-corrected chi connectivity index (χ4v) is 4.64. The summed E-state index contributed by atoms with van der Waals surface area (Å²) in [4.78, 5) is 26.2. The molecule has 1 saturated carbocycles. The van der Waals surface area contributed by atoms with Gasteiger partial charge in [-0.05, 0) is 43.0 Å². The topological polar surface area (TPSA) is 148 Å². The Morgan fingerprint density at radius 1 is 0.833 bits per heavy atom. The monoisotopic (exact) mass is 576 g/mol. The van der Waals surface area contributed by atoms with Crippen LogP contribution in [0.3, 0.4) is 0 Å². The Balaban J connectivity index is 1.30. The molecular weight excluding hydrogens is 532 g/mol. The van der Waals surface area contributed by atoms with E-state index in [-0.39, 0.29) is 12.3 Å². The van der Waals surface area contributed by atoms with Crippen LogP contribution in [0.2, 0.25) is 0 Å². The highest BCUT2D eigenvalue weighted by atomic mass is 16.5.